The number of hydrogen-bond donors (Lipinski definition) is 1. The summed E-state index contributed by atoms with van der Waals surface area (Å²) in [7, 11) is 3.24. The number of carbonyl (C=O) groups is 1. The first-order chi connectivity index (χ1) is 14.2. The number of rotatable bonds is 6. The Labute approximate surface area is 167 Å². The highest BCUT2D eigenvalue weighted by Crippen LogP contribution is 2.19. The molecule has 1 heterocycles. The maximum absolute atomic E-state index is 12.6. The molecule has 0 aliphatic heterocycles. The minimum atomic E-state index is -0.209. The molecule has 1 amide bonds. The van der Waals surface area contributed by atoms with Crippen LogP contribution >= 0.6 is 0 Å². The number of amides is 1. The number of nitrogens with one attached hydrogen (secondary N) is 1. The lowest BCUT2D eigenvalue weighted by Crippen LogP contribution is -2.11. The summed E-state index contributed by atoms with van der Waals surface area (Å²) in [4.78, 5) is 12.6. The van der Waals surface area contributed by atoms with Crippen molar-refractivity contribution >= 4 is 22.6 Å². The number of ether oxygens (including phenoxy) is 2. The maximum atomic E-state index is 12.6. The van der Waals surface area contributed by atoms with E-state index < -0.39 is 0 Å². The van der Waals surface area contributed by atoms with Gasteiger partial charge in [0.25, 0.3) is 5.91 Å². The summed E-state index contributed by atoms with van der Waals surface area (Å²) in [6.07, 6.45) is 0. The molecule has 0 spiro atoms. The first-order valence-electron chi connectivity index (χ1n) is 9.08. The van der Waals surface area contributed by atoms with E-state index in [9.17, 15) is 4.79 Å². The Balaban J connectivity index is 1.53. The summed E-state index contributed by atoms with van der Waals surface area (Å²) < 4.78 is 12.2. The lowest BCUT2D eigenvalue weighted by atomic mass is 10.1. The summed E-state index contributed by atoms with van der Waals surface area (Å²) in [6.45, 7) is 0.561. The largest absolute Gasteiger partial charge is 0.497 e. The molecule has 0 saturated heterocycles. The molecule has 4 rings (SSSR count). The number of carbonyl (C=O) groups excluding carboxylic acids is 1. The monoisotopic (exact) mass is 388 g/mol. The van der Waals surface area contributed by atoms with E-state index in [4.69, 9.17) is 9.47 Å². The van der Waals surface area contributed by atoms with Crippen LogP contribution in [0.5, 0.6) is 11.5 Å². The van der Waals surface area contributed by atoms with Crippen LogP contribution in [-0.4, -0.2) is 35.1 Å². The number of anilines is 1. The van der Waals surface area contributed by atoms with Gasteiger partial charge in [0.15, 0.2) is 0 Å². The van der Waals surface area contributed by atoms with Crippen molar-refractivity contribution in [1.82, 2.24) is 15.0 Å². The summed E-state index contributed by atoms with van der Waals surface area (Å²) in [5, 5.41) is 11.3. The Kier molecular flexibility index (Phi) is 5.11. The van der Waals surface area contributed by atoms with Gasteiger partial charge in [0.1, 0.15) is 17.0 Å². The molecular formula is C22H20N4O3. The molecule has 0 aliphatic rings. The normalized spacial score (nSPS) is 10.7. The van der Waals surface area contributed by atoms with Gasteiger partial charge in [-0.2, -0.15) is 0 Å². The number of methoxy groups -OCH3 is 2. The van der Waals surface area contributed by atoms with E-state index in [2.05, 4.69) is 15.6 Å². The van der Waals surface area contributed by atoms with Crippen LogP contribution in [0.15, 0.2) is 66.7 Å². The van der Waals surface area contributed by atoms with E-state index >= 15 is 0 Å². The number of hydrogen-bond acceptors (Lipinski definition) is 5. The smallest absolute Gasteiger partial charge is 0.255 e. The summed E-state index contributed by atoms with van der Waals surface area (Å²) in [6, 6.07) is 20.3. The van der Waals surface area contributed by atoms with E-state index in [-0.39, 0.29) is 5.91 Å². The average molecular weight is 388 g/mol. The predicted molar refractivity (Wildman–Crippen MR) is 111 cm³/mol. The van der Waals surface area contributed by atoms with E-state index in [0.29, 0.717) is 23.3 Å². The van der Waals surface area contributed by atoms with E-state index in [0.717, 1.165) is 22.6 Å². The second kappa shape index (κ2) is 8.02. The zero-order valence-corrected chi connectivity index (χ0v) is 16.1. The van der Waals surface area contributed by atoms with Crippen molar-refractivity contribution < 1.29 is 14.3 Å². The van der Waals surface area contributed by atoms with Crippen LogP contribution in [0.4, 0.5) is 5.69 Å². The van der Waals surface area contributed by atoms with Crippen LogP contribution in [0.25, 0.3) is 11.0 Å². The van der Waals surface area contributed by atoms with Crippen molar-refractivity contribution in [2.45, 2.75) is 6.54 Å². The molecule has 0 atom stereocenters. The van der Waals surface area contributed by atoms with Gasteiger partial charge < -0.3 is 14.8 Å². The second-order valence-electron chi connectivity index (χ2n) is 6.48. The molecule has 0 unspecified atom stereocenters. The molecule has 0 saturated carbocycles. The number of benzene rings is 3. The first-order valence-corrected chi connectivity index (χ1v) is 9.08. The Bertz CT molecular complexity index is 1150. The van der Waals surface area contributed by atoms with Crippen LogP contribution < -0.4 is 14.8 Å². The van der Waals surface area contributed by atoms with Gasteiger partial charge in [0, 0.05) is 11.3 Å². The molecule has 4 aromatic rings. The Morgan fingerprint density at radius 1 is 0.966 bits per heavy atom. The summed E-state index contributed by atoms with van der Waals surface area (Å²) >= 11 is 0. The first kappa shape index (κ1) is 18.5. The number of aromatic nitrogens is 3. The third kappa shape index (κ3) is 4.03. The second-order valence-corrected chi connectivity index (χ2v) is 6.48. The third-order valence-corrected chi connectivity index (χ3v) is 4.59. The zero-order chi connectivity index (χ0) is 20.2. The molecule has 29 heavy (non-hydrogen) atoms. The Morgan fingerprint density at radius 2 is 1.76 bits per heavy atom. The quantitative estimate of drug-likeness (QED) is 0.544. The molecule has 0 aliphatic carbocycles. The fraction of sp³-hybridized carbons (Fsp3) is 0.136. The molecule has 7 heteroatoms. The van der Waals surface area contributed by atoms with E-state index in [1.165, 1.54) is 0 Å². The predicted octanol–water partition coefficient (Wildman–Crippen LogP) is 3.75. The minimum absolute atomic E-state index is 0.209. The highest BCUT2D eigenvalue weighted by Gasteiger charge is 2.11. The van der Waals surface area contributed by atoms with Crippen LogP contribution in [-0.2, 0) is 6.54 Å². The highest BCUT2D eigenvalue weighted by atomic mass is 16.5. The lowest BCUT2D eigenvalue weighted by molar-refractivity contribution is 0.102. The third-order valence-electron chi connectivity index (χ3n) is 4.59. The maximum Gasteiger partial charge on any atom is 0.255 e. The van der Waals surface area contributed by atoms with Gasteiger partial charge in [0.2, 0.25) is 0 Å². The van der Waals surface area contributed by atoms with Crippen LogP contribution in [0.2, 0.25) is 0 Å². The van der Waals surface area contributed by atoms with Crippen molar-refractivity contribution in [2.24, 2.45) is 0 Å². The van der Waals surface area contributed by atoms with Crippen LogP contribution in [0.1, 0.15) is 15.9 Å². The van der Waals surface area contributed by atoms with Gasteiger partial charge in [-0.05, 0) is 60.2 Å². The van der Waals surface area contributed by atoms with Crippen molar-refractivity contribution in [3.8, 4) is 11.5 Å². The molecule has 1 aromatic heterocycles. The van der Waals surface area contributed by atoms with Gasteiger partial charge in [-0.15, -0.1) is 5.10 Å². The van der Waals surface area contributed by atoms with Gasteiger partial charge in [-0.25, -0.2) is 4.68 Å². The lowest BCUT2D eigenvalue weighted by Gasteiger charge is -2.07. The molecule has 146 valence electrons. The SMILES string of the molecule is COc1ccc(NC(=O)c2ccc3c(c2)nnn3Cc2cccc(OC)c2)cc1. The zero-order valence-electron chi connectivity index (χ0n) is 16.1. The van der Waals surface area contributed by atoms with Crippen molar-refractivity contribution in [3.05, 3.63) is 77.9 Å². The molecule has 0 fully saturated rings. The van der Waals surface area contributed by atoms with Gasteiger partial charge >= 0.3 is 0 Å². The molecule has 7 nitrogen and oxygen atoms in total. The molecule has 1 N–H and O–H groups in total. The summed E-state index contributed by atoms with van der Waals surface area (Å²) in [5.41, 5.74) is 3.78. The number of fused-ring (bicyclic) bond motifs is 1. The highest BCUT2D eigenvalue weighted by molar-refractivity contribution is 6.05. The molecule has 3 aromatic carbocycles. The average Bonchev–Trinajstić information content (AvgIpc) is 3.16. The van der Waals surface area contributed by atoms with E-state index in [1.54, 1.807) is 55.3 Å². The minimum Gasteiger partial charge on any atom is -0.497 e. The summed E-state index contributed by atoms with van der Waals surface area (Å²) in [5.74, 6) is 1.32. The standard InChI is InChI=1S/C22H20N4O3/c1-28-18-9-7-17(8-10-18)23-22(27)16-6-11-21-20(13-16)24-25-26(21)14-15-4-3-5-19(12-15)29-2/h3-13H,14H2,1-2H3,(H,23,27). The molecular weight excluding hydrogens is 368 g/mol. The van der Waals surface area contributed by atoms with Crippen molar-refractivity contribution in [2.75, 3.05) is 19.5 Å². The molecule has 0 bridgehead atoms. The van der Waals surface area contributed by atoms with Gasteiger partial charge in [0.05, 0.1) is 26.3 Å². The fourth-order valence-corrected chi connectivity index (χ4v) is 3.05. The fourth-order valence-electron chi connectivity index (χ4n) is 3.05. The van der Waals surface area contributed by atoms with Gasteiger partial charge in [-0.3, -0.25) is 4.79 Å². The Morgan fingerprint density at radius 3 is 2.52 bits per heavy atom. The van der Waals surface area contributed by atoms with Crippen LogP contribution in [0, 0.1) is 0 Å². The Hall–Kier alpha value is -3.87. The van der Waals surface area contributed by atoms with E-state index in [1.807, 2.05) is 30.3 Å². The molecule has 0 radical (unpaired) electrons. The van der Waals surface area contributed by atoms with Crippen molar-refractivity contribution in [3.63, 3.8) is 0 Å². The van der Waals surface area contributed by atoms with Gasteiger partial charge in [-0.1, -0.05) is 17.3 Å². The topological polar surface area (TPSA) is 78.3 Å². The number of nitrogens with zero attached hydrogens (tertiary/aromatic N) is 3. The van der Waals surface area contributed by atoms with Crippen LogP contribution in [0.3, 0.4) is 0 Å². The van der Waals surface area contributed by atoms with Crippen molar-refractivity contribution in [1.29, 1.82) is 0 Å².